The van der Waals surface area contributed by atoms with Crippen LogP contribution in [0.25, 0.3) is 93.6 Å². The highest BCUT2D eigenvalue weighted by Gasteiger charge is 2.18. The molecule has 0 atom stereocenters. The van der Waals surface area contributed by atoms with E-state index < -0.39 is 0 Å². The largest absolute Gasteiger partial charge is 0.456 e. The minimum Gasteiger partial charge on any atom is -0.456 e. The van der Waals surface area contributed by atoms with Crippen LogP contribution in [0.5, 0.6) is 0 Å². The summed E-state index contributed by atoms with van der Waals surface area (Å²) in [4.78, 5) is 2.36. The number of para-hydroxylation sites is 4. The van der Waals surface area contributed by atoms with Crippen molar-refractivity contribution in [3.8, 4) is 39.1 Å². The topological polar surface area (TPSA) is 21.3 Å². The van der Waals surface area contributed by atoms with Gasteiger partial charge in [0.25, 0.3) is 0 Å². The third-order valence-electron chi connectivity index (χ3n) is 12.2. The smallest absolute Gasteiger partial charge is 0.136 e. The maximum atomic E-state index is 6.19. The predicted molar refractivity (Wildman–Crippen MR) is 257 cm³/mol. The molecule has 0 saturated heterocycles. The lowest BCUT2D eigenvalue weighted by atomic mass is 9.99. The monoisotopic (exact) mass is 778 g/mol. The second-order valence-electron chi connectivity index (χ2n) is 15.7. The molecule has 0 saturated carbocycles. The number of benzene rings is 10. The van der Waals surface area contributed by atoms with Gasteiger partial charge in [0.2, 0.25) is 0 Å². The summed E-state index contributed by atoms with van der Waals surface area (Å²) in [6, 6.07) is 83.0. The van der Waals surface area contributed by atoms with Gasteiger partial charge in [0.15, 0.2) is 0 Å². The van der Waals surface area contributed by atoms with Gasteiger partial charge in [0.05, 0.1) is 16.7 Å². The van der Waals surface area contributed by atoms with Crippen molar-refractivity contribution < 1.29 is 4.42 Å². The Hall–Kier alpha value is -8.14. The summed E-state index contributed by atoms with van der Waals surface area (Å²) < 4.78 is 8.60. The van der Waals surface area contributed by atoms with Gasteiger partial charge < -0.3 is 13.9 Å². The molecule has 3 heteroatoms. The molecule has 0 N–H and O–H groups in total. The third kappa shape index (κ3) is 5.98. The van der Waals surface area contributed by atoms with Crippen molar-refractivity contribution in [1.29, 1.82) is 0 Å². The molecule has 0 aliphatic heterocycles. The van der Waals surface area contributed by atoms with E-state index in [0.29, 0.717) is 0 Å². The number of furan rings is 1. The van der Waals surface area contributed by atoms with Crippen LogP contribution in [-0.2, 0) is 0 Å². The maximum absolute atomic E-state index is 6.19. The average molecular weight is 779 g/mol. The summed E-state index contributed by atoms with van der Waals surface area (Å²) in [6.07, 6.45) is 0. The fourth-order valence-corrected chi connectivity index (χ4v) is 9.21. The lowest BCUT2D eigenvalue weighted by Crippen LogP contribution is -2.10. The van der Waals surface area contributed by atoms with Crippen LogP contribution in [-0.4, -0.2) is 4.57 Å². The molecule has 2 heterocycles. The first-order valence-corrected chi connectivity index (χ1v) is 20.8. The molecule has 2 aromatic heterocycles. The van der Waals surface area contributed by atoms with Crippen LogP contribution in [0, 0.1) is 0 Å². The maximum Gasteiger partial charge on any atom is 0.136 e. The number of rotatable bonds is 7. The van der Waals surface area contributed by atoms with Crippen molar-refractivity contribution in [2.24, 2.45) is 0 Å². The van der Waals surface area contributed by atoms with Crippen LogP contribution in [0.15, 0.2) is 235 Å². The minimum absolute atomic E-state index is 0.910. The summed E-state index contributed by atoms with van der Waals surface area (Å²) >= 11 is 0. The van der Waals surface area contributed by atoms with Gasteiger partial charge in [-0.15, -0.1) is 0 Å². The molecule has 12 rings (SSSR count). The van der Waals surface area contributed by atoms with Crippen LogP contribution >= 0.6 is 0 Å². The Morgan fingerprint density at radius 3 is 1.51 bits per heavy atom. The molecular formula is C58H38N2O. The van der Waals surface area contributed by atoms with Crippen LogP contribution in [0.3, 0.4) is 0 Å². The van der Waals surface area contributed by atoms with E-state index >= 15 is 0 Å². The van der Waals surface area contributed by atoms with Crippen molar-refractivity contribution in [3.05, 3.63) is 231 Å². The van der Waals surface area contributed by atoms with Gasteiger partial charge in [-0.05, 0) is 111 Å². The highest BCUT2D eigenvalue weighted by atomic mass is 16.3. The van der Waals surface area contributed by atoms with E-state index in [9.17, 15) is 0 Å². The summed E-state index contributed by atoms with van der Waals surface area (Å²) in [6.45, 7) is 0. The molecule has 0 fully saturated rings. The molecular weight excluding hydrogens is 741 g/mol. The van der Waals surface area contributed by atoms with E-state index in [0.717, 1.165) is 61.4 Å². The Balaban J connectivity index is 0.892. The molecule has 0 spiro atoms. The average Bonchev–Trinajstić information content (AvgIpc) is 3.88. The van der Waals surface area contributed by atoms with E-state index in [-0.39, 0.29) is 0 Å². The van der Waals surface area contributed by atoms with Crippen LogP contribution in [0.2, 0.25) is 0 Å². The number of aromatic nitrogens is 1. The van der Waals surface area contributed by atoms with E-state index in [1.165, 1.54) is 49.3 Å². The molecule has 0 bridgehead atoms. The summed E-state index contributed by atoms with van der Waals surface area (Å²) in [5, 5.41) is 7.24. The fourth-order valence-electron chi connectivity index (χ4n) is 9.21. The third-order valence-corrected chi connectivity index (χ3v) is 12.2. The molecule has 3 nitrogen and oxygen atoms in total. The fraction of sp³-hybridized carbons (Fsp3) is 0. The summed E-state index contributed by atoms with van der Waals surface area (Å²) in [5.74, 6) is 0. The lowest BCUT2D eigenvalue weighted by Gasteiger charge is -2.26. The molecule has 61 heavy (non-hydrogen) atoms. The van der Waals surface area contributed by atoms with E-state index in [4.69, 9.17) is 4.42 Å². The van der Waals surface area contributed by atoms with Crippen molar-refractivity contribution >= 4 is 71.6 Å². The molecule has 0 radical (unpaired) electrons. The van der Waals surface area contributed by atoms with Gasteiger partial charge in [0, 0.05) is 44.2 Å². The van der Waals surface area contributed by atoms with Gasteiger partial charge in [0.1, 0.15) is 11.2 Å². The molecule has 0 amide bonds. The molecule has 0 aliphatic rings. The second-order valence-corrected chi connectivity index (χ2v) is 15.7. The second kappa shape index (κ2) is 14.3. The molecule has 0 unspecified atom stereocenters. The standard InChI is InChI=1S/C58H38N2O/c1-2-12-44-37-48(35-27-39(44)11-1)59(46-31-25-41(26-32-46)40-21-23-42(24-22-40)45-30-36-53-52-16-6-10-20-57(52)61-58(53)38-45)47-33-28-43(29-34-47)49-13-3-7-17-54(49)60-55-18-8-4-14-50(55)51-15-5-9-19-56(51)60/h1-38H. The number of hydrogen-bond acceptors (Lipinski definition) is 2. The molecule has 286 valence electrons. The Bertz CT molecular complexity index is 3520. The zero-order chi connectivity index (χ0) is 40.3. The highest BCUT2D eigenvalue weighted by molar-refractivity contribution is 6.10. The summed E-state index contributed by atoms with van der Waals surface area (Å²) in [7, 11) is 0. The number of nitrogens with zero attached hydrogens (tertiary/aromatic N) is 2. The SMILES string of the molecule is c1ccc(-n2c3ccccc3c3ccccc32)c(-c2ccc(N(c3ccc(-c4ccc(-c5ccc6c(c5)oc5ccccc56)cc4)cc3)c3ccc4ccccc4c3)cc2)c1. The molecule has 0 aliphatic carbocycles. The van der Waals surface area contributed by atoms with Crippen molar-refractivity contribution in [1.82, 2.24) is 4.57 Å². The zero-order valence-corrected chi connectivity index (χ0v) is 33.2. The lowest BCUT2D eigenvalue weighted by molar-refractivity contribution is 0.669. The van der Waals surface area contributed by atoms with Gasteiger partial charge in [-0.1, -0.05) is 158 Å². The Morgan fingerprint density at radius 1 is 0.311 bits per heavy atom. The first-order valence-electron chi connectivity index (χ1n) is 20.8. The first-order chi connectivity index (χ1) is 30.2. The normalized spacial score (nSPS) is 11.6. The number of anilines is 3. The van der Waals surface area contributed by atoms with E-state index in [1.54, 1.807) is 0 Å². The van der Waals surface area contributed by atoms with Gasteiger partial charge in [-0.3, -0.25) is 0 Å². The quantitative estimate of drug-likeness (QED) is 0.161. The van der Waals surface area contributed by atoms with Crippen molar-refractivity contribution in [2.45, 2.75) is 0 Å². The van der Waals surface area contributed by atoms with Gasteiger partial charge in [-0.25, -0.2) is 0 Å². The van der Waals surface area contributed by atoms with Crippen molar-refractivity contribution in [2.75, 3.05) is 4.90 Å². The highest BCUT2D eigenvalue weighted by Crippen LogP contribution is 2.41. The van der Waals surface area contributed by atoms with Crippen molar-refractivity contribution in [3.63, 3.8) is 0 Å². The number of hydrogen-bond donors (Lipinski definition) is 0. The summed E-state index contributed by atoms with van der Waals surface area (Å²) in [5.41, 5.74) is 15.7. The predicted octanol–water partition coefficient (Wildman–Crippen LogP) is 16.3. The van der Waals surface area contributed by atoms with Gasteiger partial charge >= 0.3 is 0 Å². The molecule has 12 aromatic rings. The number of fused-ring (bicyclic) bond motifs is 7. The van der Waals surface area contributed by atoms with Crippen LogP contribution in [0.1, 0.15) is 0 Å². The first kappa shape index (κ1) is 34.9. The Labute approximate surface area is 353 Å². The van der Waals surface area contributed by atoms with Gasteiger partial charge in [-0.2, -0.15) is 0 Å². The van der Waals surface area contributed by atoms with E-state index in [2.05, 4.69) is 228 Å². The Kier molecular flexibility index (Phi) is 8.17. The van der Waals surface area contributed by atoms with Crippen LogP contribution < -0.4 is 4.90 Å². The minimum atomic E-state index is 0.910. The zero-order valence-electron chi connectivity index (χ0n) is 33.2. The molecule has 10 aromatic carbocycles. The van der Waals surface area contributed by atoms with E-state index in [1.807, 2.05) is 12.1 Å². The van der Waals surface area contributed by atoms with Crippen LogP contribution in [0.4, 0.5) is 17.1 Å². The Morgan fingerprint density at radius 2 is 0.803 bits per heavy atom.